The van der Waals surface area contributed by atoms with E-state index in [-0.39, 0.29) is 15.5 Å². The Bertz CT molecular complexity index is 1160. The lowest BCUT2D eigenvalue weighted by molar-refractivity contribution is 0.102. The maximum atomic E-state index is 13.0. The van der Waals surface area contributed by atoms with Crippen molar-refractivity contribution in [1.29, 1.82) is 0 Å². The van der Waals surface area contributed by atoms with Gasteiger partial charge in [-0.25, -0.2) is 18.1 Å². The average Bonchev–Trinajstić information content (AvgIpc) is 3.23. The molecule has 0 unspecified atom stereocenters. The molecule has 0 atom stereocenters. The summed E-state index contributed by atoms with van der Waals surface area (Å²) in [5.41, 5.74) is 0.925. The monoisotopic (exact) mass is 467 g/mol. The quantitative estimate of drug-likeness (QED) is 0.568. The van der Waals surface area contributed by atoms with Crippen LogP contribution in [0.15, 0.2) is 53.9 Å². The van der Waals surface area contributed by atoms with Crippen molar-refractivity contribution in [2.45, 2.75) is 18.7 Å². The molecule has 1 amide bonds. The van der Waals surface area contributed by atoms with Gasteiger partial charge in [-0.2, -0.15) is 9.40 Å². The van der Waals surface area contributed by atoms with Gasteiger partial charge in [0.1, 0.15) is 12.7 Å². The van der Waals surface area contributed by atoms with E-state index in [1.165, 1.54) is 39.8 Å². The minimum absolute atomic E-state index is 0.0108. The summed E-state index contributed by atoms with van der Waals surface area (Å²) in [6.07, 6.45) is 2.84. The number of carbonyl (C=O) groups excluding carboxylic acids is 1. The predicted molar refractivity (Wildman–Crippen MR) is 116 cm³/mol. The molecular formula is C19H19Cl2N5O3S. The first-order valence-electron chi connectivity index (χ1n) is 9.03. The second-order valence-electron chi connectivity index (χ2n) is 6.19. The van der Waals surface area contributed by atoms with Crippen molar-refractivity contribution in [3.05, 3.63) is 64.7 Å². The molecule has 0 bridgehead atoms. The van der Waals surface area contributed by atoms with Crippen molar-refractivity contribution >= 4 is 44.8 Å². The van der Waals surface area contributed by atoms with Gasteiger partial charge in [0.2, 0.25) is 10.0 Å². The zero-order valence-electron chi connectivity index (χ0n) is 16.2. The van der Waals surface area contributed by atoms with Gasteiger partial charge in [0.25, 0.3) is 5.91 Å². The lowest BCUT2D eigenvalue weighted by Gasteiger charge is -2.19. The Kier molecular flexibility index (Phi) is 6.77. The van der Waals surface area contributed by atoms with Crippen molar-refractivity contribution in [2.75, 3.05) is 18.4 Å². The molecule has 158 valence electrons. The summed E-state index contributed by atoms with van der Waals surface area (Å²) in [6, 6.07) is 8.93. The second-order valence-corrected chi connectivity index (χ2v) is 8.97. The number of anilines is 1. The number of hydrogen-bond acceptors (Lipinski definition) is 5. The summed E-state index contributed by atoms with van der Waals surface area (Å²) in [6.45, 7) is 4.12. The summed E-state index contributed by atoms with van der Waals surface area (Å²) in [5.74, 6) is -0.583. The molecule has 0 saturated heterocycles. The Labute approximate surface area is 184 Å². The first kappa shape index (κ1) is 22.2. The minimum Gasteiger partial charge on any atom is -0.320 e. The number of sulfonamides is 1. The summed E-state index contributed by atoms with van der Waals surface area (Å²) >= 11 is 12.3. The van der Waals surface area contributed by atoms with Gasteiger partial charge in [0.15, 0.2) is 0 Å². The summed E-state index contributed by atoms with van der Waals surface area (Å²) < 4.78 is 28.4. The molecule has 1 aromatic heterocycles. The molecule has 1 N–H and O–H groups in total. The molecule has 1 heterocycles. The first-order chi connectivity index (χ1) is 14.3. The van der Waals surface area contributed by atoms with Crippen molar-refractivity contribution < 1.29 is 13.2 Å². The van der Waals surface area contributed by atoms with Crippen LogP contribution in [0, 0.1) is 0 Å². The Balaban J connectivity index is 1.99. The molecule has 0 aliphatic carbocycles. The van der Waals surface area contributed by atoms with Crippen molar-refractivity contribution in [3.63, 3.8) is 0 Å². The number of nitrogens with zero attached hydrogens (tertiary/aromatic N) is 4. The van der Waals surface area contributed by atoms with Crippen molar-refractivity contribution in [2.24, 2.45) is 0 Å². The largest absolute Gasteiger partial charge is 0.320 e. The van der Waals surface area contributed by atoms with Gasteiger partial charge in [-0.15, -0.1) is 0 Å². The fraction of sp³-hybridized carbons (Fsp3) is 0.211. The molecule has 8 nitrogen and oxygen atoms in total. The van der Waals surface area contributed by atoms with Gasteiger partial charge < -0.3 is 5.32 Å². The van der Waals surface area contributed by atoms with E-state index in [0.29, 0.717) is 29.5 Å². The van der Waals surface area contributed by atoms with E-state index >= 15 is 0 Å². The normalized spacial score (nSPS) is 11.6. The Morgan fingerprint density at radius 1 is 1.13 bits per heavy atom. The predicted octanol–water partition coefficient (Wildman–Crippen LogP) is 3.86. The number of rotatable bonds is 7. The van der Waals surface area contributed by atoms with Crippen LogP contribution in [0.5, 0.6) is 0 Å². The van der Waals surface area contributed by atoms with E-state index in [0.717, 1.165) is 0 Å². The van der Waals surface area contributed by atoms with Gasteiger partial charge in [0, 0.05) is 18.1 Å². The van der Waals surface area contributed by atoms with E-state index in [9.17, 15) is 13.2 Å². The van der Waals surface area contributed by atoms with E-state index < -0.39 is 15.9 Å². The van der Waals surface area contributed by atoms with Crippen LogP contribution in [0.2, 0.25) is 10.0 Å². The summed E-state index contributed by atoms with van der Waals surface area (Å²) in [5, 5.41) is 7.31. The number of hydrogen-bond donors (Lipinski definition) is 1. The Hall–Kier alpha value is -2.46. The van der Waals surface area contributed by atoms with Gasteiger partial charge in [-0.1, -0.05) is 37.0 Å². The first-order valence-corrected chi connectivity index (χ1v) is 11.2. The fourth-order valence-electron chi connectivity index (χ4n) is 2.88. The third-order valence-corrected chi connectivity index (χ3v) is 7.01. The van der Waals surface area contributed by atoms with Crippen molar-refractivity contribution in [3.8, 4) is 5.69 Å². The lowest BCUT2D eigenvalue weighted by atomic mass is 10.2. The van der Waals surface area contributed by atoms with Crippen LogP contribution in [0.25, 0.3) is 5.69 Å². The third-order valence-electron chi connectivity index (χ3n) is 4.40. The molecule has 0 radical (unpaired) electrons. The number of amides is 1. The molecular weight excluding hydrogens is 449 g/mol. The van der Waals surface area contributed by atoms with Crippen LogP contribution in [0.3, 0.4) is 0 Å². The van der Waals surface area contributed by atoms with Gasteiger partial charge in [0.05, 0.1) is 26.9 Å². The molecule has 0 aliphatic heterocycles. The molecule has 3 aromatic rings. The molecule has 2 aromatic carbocycles. The third kappa shape index (κ3) is 4.49. The standard InChI is InChI=1S/C19H19Cl2N5O3S/c1-3-25(4-2)30(28,29)14-6-7-16(21)15(10-14)19(27)24-17-9-13(20)5-8-18(17)26-12-22-11-23-26/h5-12H,3-4H2,1-2H3,(H,24,27). The highest BCUT2D eigenvalue weighted by atomic mass is 35.5. The van der Waals surface area contributed by atoms with Crippen LogP contribution >= 0.6 is 23.2 Å². The molecule has 3 rings (SSSR count). The Morgan fingerprint density at radius 3 is 2.50 bits per heavy atom. The van der Waals surface area contributed by atoms with Gasteiger partial charge in [-0.3, -0.25) is 4.79 Å². The van der Waals surface area contributed by atoms with Gasteiger partial charge in [-0.05, 0) is 36.4 Å². The van der Waals surface area contributed by atoms with Crippen LogP contribution in [-0.4, -0.2) is 46.5 Å². The molecule has 30 heavy (non-hydrogen) atoms. The van der Waals surface area contributed by atoms with Crippen LogP contribution in [0.4, 0.5) is 5.69 Å². The highest BCUT2D eigenvalue weighted by Crippen LogP contribution is 2.27. The van der Waals surface area contributed by atoms with Crippen LogP contribution in [-0.2, 0) is 10.0 Å². The van der Waals surface area contributed by atoms with Crippen molar-refractivity contribution in [1.82, 2.24) is 19.1 Å². The van der Waals surface area contributed by atoms with Gasteiger partial charge >= 0.3 is 0 Å². The maximum absolute atomic E-state index is 13.0. The van der Waals surface area contributed by atoms with E-state index in [2.05, 4.69) is 15.4 Å². The Morgan fingerprint density at radius 2 is 1.87 bits per heavy atom. The molecule has 0 saturated carbocycles. The maximum Gasteiger partial charge on any atom is 0.257 e. The number of halogens is 2. The average molecular weight is 468 g/mol. The fourth-order valence-corrected chi connectivity index (χ4v) is 4.74. The summed E-state index contributed by atoms with van der Waals surface area (Å²) in [7, 11) is -3.75. The zero-order chi connectivity index (χ0) is 21.9. The lowest BCUT2D eigenvalue weighted by Crippen LogP contribution is -2.30. The SMILES string of the molecule is CCN(CC)S(=O)(=O)c1ccc(Cl)c(C(=O)Nc2cc(Cl)ccc2-n2cncn2)c1. The highest BCUT2D eigenvalue weighted by Gasteiger charge is 2.24. The zero-order valence-corrected chi connectivity index (χ0v) is 18.5. The molecule has 0 aliphatic rings. The molecule has 11 heteroatoms. The number of nitrogens with one attached hydrogen (secondary N) is 1. The van der Waals surface area contributed by atoms with E-state index in [1.807, 2.05) is 0 Å². The van der Waals surface area contributed by atoms with E-state index in [1.54, 1.807) is 32.0 Å². The number of carbonyl (C=O) groups is 1. The molecule has 0 spiro atoms. The highest BCUT2D eigenvalue weighted by molar-refractivity contribution is 7.89. The van der Waals surface area contributed by atoms with Crippen LogP contribution in [0.1, 0.15) is 24.2 Å². The summed E-state index contributed by atoms with van der Waals surface area (Å²) in [4.78, 5) is 16.9. The second kappa shape index (κ2) is 9.13. The number of benzene rings is 2. The van der Waals surface area contributed by atoms with E-state index in [4.69, 9.17) is 23.2 Å². The van der Waals surface area contributed by atoms with Crippen LogP contribution < -0.4 is 5.32 Å². The number of aromatic nitrogens is 3. The smallest absolute Gasteiger partial charge is 0.257 e. The molecule has 0 fully saturated rings. The minimum atomic E-state index is -3.75. The topological polar surface area (TPSA) is 97.2 Å².